The van der Waals surface area contributed by atoms with E-state index in [4.69, 9.17) is 4.52 Å². The lowest BCUT2D eigenvalue weighted by Crippen LogP contribution is -2.22. The molecule has 0 fully saturated rings. The quantitative estimate of drug-likeness (QED) is 0.318. The summed E-state index contributed by atoms with van der Waals surface area (Å²) in [6, 6.07) is 2.84. The molecule has 25 heavy (non-hydrogen) atoms. The standard InChI is InChI=1S/C14H13N3O7S/c1-7(18)12(14-15-8(2)24-16-14)13(19)10-5-4-9(25(3,22)23)6-11(10)17(20)21/h4-6,12H,1-3H3. The highest BCUT2D eigenvalue weighted by Crippen LogP contribution is 2.28. The number of nitro benzene ring substituents is 1. The van der Waals surface area contributed by atoms with Crippen LogP contribution in [0.1, 0.15) is 34.9 Å². The number of rotatable bonds is 6. The van der Waals surface area contributed by atoms with Gasteiger partial charge in [0, 0.05) is 19.2 Å². The molecule has 0 bridgehead atoms. The van der Waals surface area contributed by atoms with E-state index in [1.165, 1.54) is 6.92 Å². The number of aryl methyl sites for hydroxylation is 1. The molecule has 0 radical (unpaired) electrons. The van der Waals surface area contributed by atoms with E-state index in [1.54, 1.807) is 0 Å². The van der Waals surface area contributed by atoms with Crippen molar-refractivity contribution < 1.29 is 27.5 Å². The molecule has 0 spiro atoms. The smallest absolute Gasteiger partial charge is 0.281 e. The molecule has 0 aliphatic heterocycles. The molecule has 0 N–H and O–H groups in total. The minimum Gasteiger partial charge on any atom is -0.340 e. The minimum absolute atomic E-state index is 0.121. The molecular weight excluding hydrogens is 354 g/mol. The predicted molar refractivity (Wildman–Crippen MR) is 83.0 cm³/mol. The molecule has 0 aliphatic carbocycles. The monoisotopic (exact) mass is 367 g/mol. The van der Waals surface area contributed by atoms with Gasteiger partial charge < -0.3 is 4.52 Å². The van der Waals surface area contributed by atoms with Gasteiger partial charge in [-0.3, -0.25) is 19.7 Å². The second-order valence-corrected chi connectivity index (χ2v) is 7.30. The van der Waals surface area contributed by atoms with Crippen molar-refractivity contribution in [2.24, 2.45) is 0 Å². The van der Waals surface area contributed by atoms with Crippen molar-refractivity contribution in [3.8, 4) is 0 Å². The fourth-order valence-electron chi connectivity index (χ4n) is 2.17. The van der Waals surface area contributed by atoms with Crippen molar-refractivity contribution in [1.29, 1.82) is 0 Å². The molecule has 10 nitrogen and oxygen atoms in total. The van der Waals surface area contributed by atoms with Gasteiger partial charge in [0.1, 0.15) is 11.7 Å². The molecule has 1 unspecified atom stereocenters. The molecule has 0 aliphatic rings. The zero-order valence-corrected chi connectivity index (χ0v) is 14.2. The number of nitro groups is 1. The lowest BCUT2D eigenvalue weighted by Gasteiger charge is -2.10. The molecule has 0 amide bonds. The molecule has 2 rings (SSSR count). The van der Waals surface area contributed by atoms with Crippen molar-refractivity contribution in [1.82, 2.24) is 10.1 Å². The Labute approximate surface area is 141 Å². The normalized spacial score (nSPS) is 12.6. The van der Waals surface area contributed by atoms with E-state index >= 15 is 0 Å². The van der Waals surface area contributed by atoms with Crippen LogP contribution in [0.15, 0.2) is 27.6 Å². The third kappa shape index (κ3) is 3.76. The van der Waals surface area contributed by atoms with Gasteiger partial charge in [0.25, 0.3) is 5.69 Å². The molecular formula is C14H13N3O7S. The summed E-state index contributed by atoms with van der Waals surface area (Å²) >= 11 is 0. The van der Waals surface area contributed by atoms with Crippen LogP contribution in [0.4, 0.5) is 5.69 Å². The van der Waals surface area contributed by atoms with Gasteiger partial charge in [0.15, 0.2) is 21.4 Å². The van der Waals surface area contributed by atoms with Gasteiger partial charge in [0.05, 0.1) is 15.4 Å². The number of carbonyl (C=O) groups excluding carboxylic acids is 2. The van der Waals surface area contributed by atoms with Crippen molar-refractivity contribution in [3.05, 3.63) is 45.6 Å². The summed E-state index contributed by atoms with van der Waals surface area (Å²) < 4.78 is 27.9. The van der Waals surface area contributed by atoms with Gasteiger partial charge in [-0.05, 0) is 19.1 Å². The van der Waals surface area contributed by atoms with Crippen LogP contribution in [0.3, 0.4) is 0 Å². The fourth-order valence-corrected chi connectivity index (χ4v) is 2.81. The number of carbonyl (C=O) groups is 2. The van der Waals surface area contributed by atoms with Gasteiger partial charge >= 0.3 is 0 Å². The second kappa shape index (κ2) is 6.51. The van der Waals surface area contributed by atoms with Crippen LogP contribution in [0.2, 0.25) is 0 Å². The number of ketones is 2. The molecule has 2 aromatic rings. The van der Waals surface area contributed by atoms with E-state index < -0.39 is 43.5 Å². The highest BCUT2D eigenvalue weighted by molar-refractivity contribution is 7.90. The summed E-state index contributed by atoms with van der Waals surface area (Å²) in [4.78, 5) is 38.4. The zero-order chi connectivity index (χ0) is 18.9. The van der Waals surface area contributed by atoms with Crippen LogP contribution >= 0.6 is 0 Å². The molecule has 1 aromatic carbocycles. The van der Waals surface area contributed by atoms with Gasteiger partial charge in [0.2, 0.25) is 5.89 Å². The highest BCUT2D eigenvalue weighted by Gasteiger charge is 2.35. The summed E-state index contributed by atoms with van der Waals surface area (Å²) in [6.45, 7) is 2.58. The Kier molecular flexibility index (Phi) is 4.79. The number of sulfone groups is 1. The first-order chi connectivity index (χ1) is 11.5. The van der Waals surface area contributed by atoms with E-state index in [9.17, 15) is 28.1 Å². The van der Waals surface area contributed by atoms with E-state index in [0.717, 1.165) is 31.4 Å². The number of aromatic nitrogens is 2. The van der Waals surface area contributed by atoms with Gasteiger partial charge in [-0.1, -0.05) is 5.16 Å². The first kappa shape index (κ1) is 18.4. The van der Waals surface area contributed by atoms with E-state index in [1.807, 2.05) is 0 Å². The van der Waals surface area contributed by atoms with E-state index in [2.05, 4.69) is 10.1 Å². The Morgan fingerprint density at radius 2 is 1.96 bits per heavy atom. The predicted octanol–water partition coefficient (Wildman–Crippen LogP) is 1.25. The summed E-state index contributed by atoms with van der Waals surface area (Å²) in [6.07, 6.45) is 0.883. The molecule has 1 heterocycles. The molecule has 11 heteroatoms. The Bertz CT molecular complexity index is 978. The van der Waals surface area contributed by atoms with Crippen molar-refractivity contribution in [2.75, 3.05) is 6.26 Å². The van der Waals surface area contributed by atoms with Crippen molar-refractivity contribution in [2.45, 2.75) is 24.7 Å². The summed E-state index contributed by atoms with van der Waals surface area (Å²) in [5.74, 6) is -3.12. The van der Waals surface area contributed by atoms with Crippen LogP contribution in [0.25, 0.3) is 0 Å². The largest absolute Gasteiger partial charge is 0.340 e. The van der Waals surface area contributed by atoms with Gasteiger partial charge in [-0.2, -0.15) is 4.98 Å². The van der Waals surface area contributed by atoms with Gasteiger partial charge in [-0.15, -0.1) is 0 Å². The first-order valence-corrected chi connectivity index (χ1v) is 8.75. The topological polar surface area (TPSA) is 150 Å². The second-order valence-electron chi connectivity index (χ2n) is 5.29. The van der Waals surface area contributed by atoms with Crippen molar-refractivity contribution in [3.63, 3.8) is 0 Å². The fraction of sp³-hybridized carbons (Fsp3) is 0.286. The summed E-state index contributed by atoms with van der Waals surface area (Å²) in [5.41, 5.74) is -1.14. The number of Topliss-reactive ketones (excluding diaryl/α,β-unsaturated/α-hetero) is 2. The zero-order valence-electron chi connectivity index (χ0n) is 13.4. The lowest BCUT2D eigenvalue weighted by molar-refractivity contribution is -0.385. The first-order valence-electron chi connectivity index (χ1n) is 6.85. The molecule has 0 saturated carbocycles. The van der Waals surface area contributed by atoms with Crippen LogP contribution in [0, 0.1) is 17.0 Å². The Balaban J connectivity index is 2.60. The maximum absolute atomic E-state index is 12.7. The lowest BCUT2D eigenvalue weighted by atomic mass is 9.92. The third-order valence-corrected chi connectivity index (χ3v) is 4.44. The third-order valence-electron chi connectivity index (χ3n) is 3.33. The molecule has 132 valence electrons. The maximum atomic E-state index is 12.7. The van der Waals surface area contributed by atoms with Crippen molar-refractivity contribution >= 4 is 27.1 Å². The molecule has 1 aromatic heterocycles. The number of hydrogen-bond acceptors (Lipinski definition) is 9. The highest BCUT2D eigenvalue weighted by atomic mass is 32.2. The SMILES string of the molecule is CC(=O)C(C(=O)c1ccc(S(C)(=O)=O)cc1[N+](=O)[O-])c1noc(C)n1. The van der Waals surface area contributed by atoms with E-state index in [-0.39, 0.29) is 16.6 Å². The number of hydrogen-bond donors (Lipinski definition) is 0. The van der Waals surface area contributed by atoms with Gasteiger partial charge in [-0.25, -0.2) is 8.42 Å². The van der Waals surface area contributed by atoms with Crippen LogP contribution in [0.5, 0.6) is 0 Å². The van der Waals surface area contributed by atoms with Crippen LogP contribution in [-0.2, 0) is 14.6 Å². The number of benzene rings is 1. The average Bonchev–Trinajstić information content (AvgIpc) is 2.91. The Morgan fingerprint density at radius 3 is 2.40 bits per heavy atom. The van der Waals surface area contributed by atoms with E-state index in [0.29, 0.717) is 0 Å². The minimum atomic E-state index is -3.71. The maximum Gasteiger partial charge on any atom is 0.281 e. The van der Waals surface area contributed by atoms with Crippen LogP contribution < -0.4 is 0 Å². The molecule has 1 atom stereocenters. The Morgan fingerprint density at radius 1 is 1.32 bits per heavy atom. The summed E-state index contributed by atoms with van der Waals surface area (Å²) in [5, 5.41) is 14.8. The van der Waals surface area contributed by atoms with Crippen LogP contribution in [-0.4, -0.2) is 41.3 Å². The molecule has 0 saturated heterocycles. The Hall–Kier alpha value is -2.95. The number of nitrogens with zero attached hydrogens (tertiary/aromatic N) is 3. The average molecular weight is 367 g/mol. The summed E-state index contributed by atoms with van der Waals surface area (Å²) in [7, 11) is -3.71.